The molecule has 6 nitrogen and oxygen atoms in total. The molecule has 0 aromatic carbocycles. The third-order valence-corrected chi connectivity index (χ3v) is 2.74. The maximum absolute atomic E-state index is 12.0. The molecule has 0 aromatic heterocycles. The molecule has 1 rings (SSSR count). The Morgan fingerprint density at radius 2 is 2.00 bits per heavy atom. The van der Waals surface area contributed by atoms with Crippen molar-refractivity contribution < 1.29 is 19.1 Å². The van der Waals surface area contributed by atoms with Crippen LogP contribution in [0.15, 0.2) is 0 Å². The van der Waals surface area contributed by atoms with Gasteiger partial charge in [-0.05, 0) is 20.8 Å². The van der Waals surface area contributed by atoms with Crippen LogP contribution in [0.4, 0.5) is 0 Å². The zero-order valence-corrected chi connectivity index (χ0v) is 12.4. The van der Waals surface area contributed by atoms with Gasteiger partial charge in [0.2, 0.25) is 5.91 Å². The van der Waals surface area contributed by atoms with E-state index in [2.05, 4.69) is 0 Å². The fourth-order valence-electron chi connectivity index (χ4n) is 1.76. The first kappa shape index (κ1) is 15.9. The van der Waals surface area contributed by atoms with Gasteiger partial charge in [-0.2, -0.15) is 0 Å². The van der Waals surface area contributed by atoms with Gasteiger partial charge < -0.3 is 14.4 Å². The lowest BCUT2D eigenvalue weighted by Gasteiger charge is -2.22. The second kappa shape index (κ2) is 6.34. The van der Waals surface area contributed by atoms with Crippen molar-refractivity contribution in [2.24, 2.45) is 0 Å². The summed E-state index contributed by atoms with van der Waals surface area (Å²) in [5.74, 6) is -0.422. The van der Waals surface area contributed by atoms with Crippen LogP contribution < -0.4 is 0 Å². The van der Waals surface area contributed by atoms with E-state index in [1.165, 1.54) is 4.90 Å². The molecule has 1 fully saturated rings. The fraction of sp³-hybridized carbons (Fsp3) is 0.846. The SMILES string of the molecule is COCC[N@@]1CC1C(=O)N(C)CC(=O)OC(C)(C)C. The number of likely N-dealkylation sites (N-methyl/N-ethyl adjacent to an activating group) is 1. The average Bonchev–Trinajstić information content (AvgIpc) is 3.01. The summed E-state index contributed by atoms with van der Waals surface area (Å²) in [6, 6.07) is -0.109. The van der Waals surface area contributed by atoms with E-state index >= 15 is 0 Å². The molecule has 0 saturated carbocycles. The van der Waals surface area contributed by atoms with Gasteiger partial charge in [0.05, 0.1) is 6.61 Å². The summed E-state index contributed by atoms with van der Waals surface area (Å²) in [5, 5.41) is 0. The lowest BCUT2D eigenvalue weighted by atomic mass is 10.2. The minimum absolute atomic E-state index is 0.00921. The standard InChI is InChI=1S/C13H24N2O4/c1-13(2,3)19-11(16)9-14(4)12(17)10-8-15(10)6-7-18-5/h10H,6-9H2,1-5H3/t10?,15-/m0/s1. The minimum Gasteiger partial charge on any atom is -0.459 e. The number of rotatable bonds is 6. The summed E-state index contributed by atoms with van der Waals surface area (Å²) < 4.78 is 10.1. The molecule has 1 unspecified atom stereocenters. The molecule has 110 valence electrons. The Hall–Kier alpha value is -1.14. The highest BCUT2D eigenvalue weighted by atomic mass is 16.6. The fourth-order valence-corrected chi connectivity index (χ4v) is 1.76. The maximum Gasteiger partial charge on any atom is 0.326 e. The van der Waals surface area contributed by atoms with Gasteiger partial charge >= 0.3 is 5.97 Å². The summed E-state index contributed by atoms with van der Waals surface area (Å²) in [5.41, 5.74) is -0.523. The Morgan fingerprint density at radius 1 is 1.37 bits per heavy atom. The van der Waals surface area contributed by atoms with Crippen molar-refractivity contribution in [2.75, 3.05) is 40.4 Å². The molecule has 1 aliphatic heterocycles. The maximum atomic E-state index is 12.0. The normalized spacial score (nSPS) is 21.9. The number of hydrogen-bond acceptors (Lipinski definition) is 5. The first-order chi connectivity index (χ1) is 8.74. The van der Waals surface area contributed by atoms with Crippen LogP contribution in [0.3, 0.4) is 0 Å². The van der Waals surface area contributed by atoms with Gasteiger partial charge in [0.1, 0.15) is 18.2 Å². The van der Waals surface area contributed by atoms with Crippen LogP contribution in [0, 0.1) is 0 Å². The van der Waals surface area contributed by atoms with Gasteiger partial charge in [-0.25, -0.2) is 0 Å². The predicted octanol–water partition coefficient (Wildman–Crippen LogP) is 0.117. The summed E-state index contributed by atoms with van der Waals surface area (Å²) >= 11 is 0. The first-order valence-electron chi connectivity index (χ1n) is 6.44. The van der Waals surface area contributed by atoms with Gasteiger partial charge in [-0.1, -0.05) is 0 Å². The number of amides is 1. The third kappa shape index (κ3) is 5.57. The molecule has 2 atom stereocenters. The van der Waals surface area contributed by atoms with E-state index in [0.29, 0.717) is 6.61 Å². The molecular formula is C13H24N2O4. The van der Waals surface area contributed by atoms with E-state index in [-0.39, 0.29) is 24.5 Å². The number of carbonyl (C=O) groups excluding carboxylic acids is 2. The second-order valence-corrected chi connectivity index (χ2v) is 5.78. The Balaban J connectivity index is 2.32. The monoisotopic (exact) mass is 272 g/mol. The lowest BCUT2D eigenvalue weighted by Crippen LogP contribution is -2.39. The highest BCUT2D eigenvalue weighted by molar-refractivity contribution is 5.87. The van der Waals surface area contributed by atoms with Crippen LogP contribution in [0.2, 0.25) is 0 Å². The molecule has 1 amide bonds. The van der Waals surface area contributed by atoms with E-state index < -0.39 is 5.60 Å². The topological polar surface area (TPSA) is 58.9 Å². The molecule has 19 heavy (non-hydrogen) atoms. The lowest BCUT2D eigenvalue weighted by molar-refractivity contribution is -0.158. The van der Waals surface area contributed by atoms with Crippen molar-refractivity contribution in [1.82, 2.24) is 9.80 Å². The van der Waals surface area contributed by atoms with Gasteiger partial charge in [-0.15, -0.1) is 0 Å². The Morgan fingerprint density at radius 3 is 2.53 bits per heavy atom. The number of methoxy groups -OCH3 is 1. The summed E-state index contributed by atoms with van der Waals surface area (Å²) in [6.45, 7) is 7.50. The van der Waals surface area contributed by atoms with Crippen molar-refractivity contribution >= 4 is 11.9 Å². The van der Waals surface area contributed by atoms with E-state index in [9.17, 15) is 9.59 Å². The van der Waals surface area contributed by atoms with Gasteiger partial charge in [-0.3, -0.25) is 14.5 Å². The van der Waals surface area contributed by atoms with Gasteiger partial charge in [0.15, 0.2) is 0 Å². The number of nitrogens with zero attached hydrogens (tertiary/aromatic N) is 2. The average molecular weight is 272 g/mol. The van der Waals surface area contributed by atoms with E-state index in [4.69, 9.17) is 9.47 Å². The largest absolute Gasteiger partial charge is 0.459 e. The molecule has 0 bridgehead atoms. The van der Waals surface area contributed by atoms with E-state index in [1.807, 2.05) is 4.90 Å². The summed E-state index contributed by atoms with van der Waals surface area (Å²) in [4.78, 5) is 27.1. The molecule has 1 heterocycles. The number of ether oxygens (including phenoxy) is 2. The first-order valence-corrected chi connectivity index (χ1v) is 6.44. The highest BCUT2D eigenvalue weighted by Crippen LogP contribution is 2.18. The predicted molar refractivity (Wildman–Crippen MR) is 70.7 cm³/mol. The van der Waals surface area contributed by atoms with Gasteiger partial charge in [0.25, 0.3) is 0 Å². The van der Waals surface area contributed by atoms with Crippen LogP contribution in [0.25, 0.3) is 0 Å². The molecule has 6 heteroatoms. The van der Waals surface area contributed by atoms with E-state index in [1.54, 1.807) is 34.9 Å². The second-order valence-electron chi connectivity index (χ2n) is 5.78. The zero-order chi connectivity index (χ0) is 14.6. The van der Waals surface area contributed by atoms with Crippen molar-refractivity contribution in [3.05, 3.63) is 0 Å². The van der Waals surface area contributed by atoms with Crippen LogP contribution in [0.1, 0.15) is 20.8 Å². The van der Waals surface area contributed by atoms with Crippen molar-refractivity contribution in [3.63, 3.8) is 0 Å². The Bertz CT molecular complexity index is 338. The van der Waals surface area contributed by atoms with Crippen LogP contribution in [0.5, 0.6) is 0 Å². The summed E-state index contributed by atoms with van der Waals surface area (Å²) in [6.07, 6.45) is 0. The highest BCUT2D eigenvalue weighted by Gasteiger charge is 2.41. The molecule has 0 aromatic rings. The number of carbonyl (C=O) groups is 2. The van der Waals surface area contributed by atoms with Crippen LogP contribution in [-0.2, 0) is 19.1 Å². The van der Waals surface area contributed by atoms with Crippen LogP contribution in [-0.4, -0.2) is 73.7 Å². The molecule has 0 radical (unpaired) electrons. The summed E-state index contributed by atoms with van der Waals surface area (Å²) in [7, 11) is 3.26. The van der Waals surface area contributed by atoms with Gasteiger partial charge in [0, 0.05) is 27.2 Å². The molecular weight excluding hydrogens is 248 g/mol. The quantitative estimate of drug-likeness (QED) is 0.507. The van der Waals surface area contributed by atoms with E-state index in [0.717, 1.165) is 13.1 Å². The van der Waals surface area contributed by atoms with Crippen molar-refractivity contribution in [1.29, 1.82) is 0 Å². The number of hydrogen-bond donors (Lipinski definition) is 0. The molecule has 1 saturated heterocycles. The molecule has 0 spiro atoms. The molecule has 0 aliphatic carbocycles. The number of esters is 1. The smallest absolute Gasteiger partial charge is 0.326 e. The van der Waals surface area contributed by atoms with Crippen molar-refractivity contribution in [3.8, 4) is 0 Å². The van der Waals surface area contributed by atoms with Crippen LogP contribution >= 0.6 is 0 Å². The minimum atomic E-state index is -0.523. The third-order valence-electron chi connectivity index (χ3n) is 2.74. The Labute approximate surface area is 114 Å². The van der Waals surface area contributed by atoms with Crippen molar-refractivity contribution in [2.45, 2.75) is 32.4 Å². The molecule has 1 aliphatic rings. The molecule has 0 N–H and O–H groups in total. The Kier molecular flexibility index (Phi) is 5.31. The zero-order valence-electron chi connectivity index (χ0n) is 12.4.